The van der Waals surface area contributed by atoms with E-state index in [1.807, 2.05) is 26.0 Å². The van der Waals surface area contributed by atoms with Crippen LogP contribution >= 0.6 is 0 Å². The number of ether oxygens (including phenoxy) is 1. The van der Waals surface area contributed by atoms with Crippen LogP contribution in [0.4, 0.5) is 0 Å². The molecule has 1 unspecified atom stereocenters. The normalized spacial score (nSPS) is 15.2. The first-order valence-electron chi connectivity index (χ1n) is 10.8. The van der Waals surface area contributed by atoms with Gasteiger partial charge in [0.2, 0.25) is 0 Å². The lowest BCUT2D eigenvalue weighted by Crippen LogP contribution is -2.32. The topological polar surface area (TPSA) is 31.2 Å². The molecule has 0 fully saturated rings. The van der Waals surface area contributed by atoms with Crippen molar-refractivity contribution in [1.29, 1.82) is 0 Å². The number of esters is 1. The van der Waals surface area contributed by atoms with Crippen molar-refractivity contribution < 1.29 is 9.53 Å². The number of aromatic nitrogens is 1. The SMILES string of the molecule is CC.CCc1cc2n(c1Cc1ccccc1-c1ccccc1)CC(CC)OC2=O. The van der Waals surface area contributed by atoms with E-state index >= 15 is 0 Å². The van der Waals surface area contributed by atoms with Crippen LogP contribution < -0.4 is 0 Å². The Balaban J connectivity index is 0.00000117. The summed E-state index contributed by atoms with van der Waals surface area (Å²) < 4.78 is 7.75. The van der Waals surface area contributed by atoms with Crippen molar-refractivity contribution in [2.75, 3.05) is 0 Å². The number of rotatable bonds is 5. The Morgan fingerprint density at radius 3 is 2.34 bits per heavy atom. The summed E-state index contributed by atoms with van der Waals surface area (Å²) in [5, 5.41) is 0. The Labute approximate surface area is 174 Å². The summed E-state index contributed by atoms with van der Waals surface area (Å²) in [4.78, 5) is 12.4. The van der Waals surface area contributed by atoms with Gasteiger partial charge in [-0.15, -0.1) is 0 Å². The second-order valence-electron chi connectivity index (χ2n) is 7.10. The summed E-state index contributed by atoms with van der Waals surface area (Å²) in [7, 11) is 0. The van der Waals surface area contributed by atoms with Crippen molar-refractivity contribution in [2.45, 2.75) is 59.6 Å². The molecule has 2 aromatic carbocycles. The molecule has 29 heavy (non-hydrogen) atoms. The number of carbonyl (C=O) groups excluding carboxylic acids is 1. The van der Waals surface area contributed by atoms with Crippen LogP contribution in [0.25, 0.3) is 11.1 Å². The minimum absolute atomic E-state index is 0.0368. The van der Waals surface area contributed by atoms with Gasteiger partial charge in [-0.2, -0.15) is 0 Å². The average molecular weight is 390 g/mol. The molecule has 0 N–H and O–H groups in total. The monoisotopic (exact) mass is 389 g/mol. The van der Waals surface area contributed by atoms with Gasteiger partial charge in [-0.05, 0) is 41.2 Å². The van der Waals surface area contributed by atoms with Crippen molar-refractivity contribution in [2.24, 2.45) is 0 Å². The third kappa shape index (κ3) is 4.29. The number of hydrogen-bond donors (Lipinski definition) is 0. The van der Waals surface area contributed by atoms with E-state index in [1.165, 1.54) is 27.9 Å². The maximum atomic E-state index is 12.4. The Morgan fingerprint density at radius 1 is 0.966 bits per heavy atom. The molecule has 0 radical (unpaired) electrons. The van der Waals surface area contributed by atoms with Crippen molar-refractivity contribution in [3.8, 4) is 11.1 Å². The Morgan fingerprint density at radius 2 is 1.66 bits per heavy atom. The molecule has 0 saturated heterocycles. The molecule has 0 spiro atoms. The summed E-state index contributed by atoms with van der Waals surface area (Å²) in [6.07, 6.45) is 2.53. The van der Waals surface area contributed by atoms with E-state index < -0.39 is 0 Å². The number of carbonyl (C=O) groups is 1. The summed E-state index contributed by atoms with van der Waals surface area (Å²) in [5.41, 5.74) is 6.94. The number of fused-ring (bicyclic) bond motifs is 1. The van der Waals surface area contributed by atoms with E-state index in [0.29, 0.717) is 5.69 Å². The number of nitrogens with zero attached hydrogens (tertiary/aromatic N) is 1. The van der Waals surface area contributed by atoms with E-state index in [4.69, 9.17) is 4.74 Å². The summed E-state index contributed by atoms with van der Waals surface area (Å²) in [6, 6.07) is 21.1. The molecule has 1 aliphatic rings. The molecule has 3 nitrogen and oxygen atoms in total. The maximum absolute atomic E-state index is 12.4. The molecule has 0 saturated carbocycles. The van der Waals surface area contributed by atoms with Gasteiger partial charge >= 0.3 is 5.97 Å². The first kappa shape index (κ1) is 20.9. The van der Waals surface area contributed by atoms with Crippen LogP contribution in [0.5, 0.6) is 0 Å². The Kier molecular flexibility index (Phi) is 6.92. The van der Waals surface area contributed by atoms with Gasteiger partial charge in [0.25, 0.3) is 0 Å². The highest BCUT2D eigenvalue weighted by molar-refractivity contribution is 5.89. The number of hydrogen-bond acceptors (Lipinski definition) is 2. The van der Waals surface area contributed by atoms with Gasteiger partial charge in [-0.1, -0.05) is 82.3 Å². The van der Waals surface area contributed by atoms with Crippen LogP contribution in [-0.4, -0.2) is 16.6 Å². The minimum Gasteiger partial charge on any atom is -0.456 e. The average Bonchev–Trinajstić information content (AvgIpc) is 3.14. The van der Waals surface area contributed by atoms with Crippen LogP contribution in [0.3, 0.4) is 0 Å². The van der Waals surface area contributed by atoms with Crippen molar-refractivity contribution in [3.05, 3.63) is 83.2 Å². The zero-order chi connectivity index (χ0) is 20.8. The van der Waals surface area contributed by atoms with E-state index in [-0.39, 0.29) is 12.1 Å². The predicted molar refractivity (Wildman–Crippen MR) is 119 cm³/mol. The van der Waals surface area contributed by atoms with Crippen molar-refractivity contribution in [3.63, 3.8) is 0 Å². The van der Waals surface area contributed by atoms with Crippen molar-refractivity contribution in [1.82, 2.24) is 4.57 Å². The molecule has 1 atom stereocenters. The highest BCUT2D eigenvalue weighted by Gasteiger charge is 2.29. The molecule has 1 aromatic heterocycles. The van der Waals surface area contributed by atoms with E-state index in [9.17, 15) is 4.79 Å². The quantitative estimate of drug-likeness (QED) is 0.481. The maximum Gasteiger partial charge on any atom is 0.355 e. The van der Waals surface area contributed by atoms with Crippen LogP contribution in [0.1, 0.15) is 61.4 Å². The van der Waals surface area contributed by atoms with Crippen LogP contribution in [-0.2, 0) is 24.1 Å². The highest BCUT2D eigenvalue weighted by Crippen LogP contribution is 2.30. The lowest BCUT2D eigenvalue weighted by atomic mass is 9.95. The van der Waals surface area contributed by atoms with Gasteiger partial charge in [-0.3, -0.25) is 0 Å². The minimum atomic E-state index is -0.189. The fourth-order valence-electron chi connectivity index (χ4n) is 3.96. The Hall–Kier alpha value is -2.81. The lowest BCUT2D eigenvalue weighted by Gasteiger charge is -2.25. The summed E-state index contributed by atoms with van der Waals surface area (Å²) in [5.74, 6) is -0.189. The molecule has 3 heteroatoms. The van der Waals surface area contributed by atoms with E-state index in [1.54, 1.807) is 0 Å². The molecule has 3 aromatic rings. The van der Waals surface area contributed by atoms with Gasteiger partial charge in [0, 0.05) is 12.1 Å². The fourth-order valence-corrected chi connectivity index (χ4v) is 3.96. The summed E-state index contributed by atoms with van der Waals surface area (Å²) in [6.45, 7) is 8.97. The zero-order valence-electron chi connectivity index (χ0n) is 17.9. The molecule has 0 bridgehead atoms. The van der Waals surface area contributed by atoms with E-state index in [2.05, 4.69) is 66.9 Å². The van der Waals surface area contributed by atoms with Gasteiger partial charge in [0.15, 0.2) is 0 Å². The lowest BCUT2D eigenvalue weighted by molar-refractivity contribution is 0.0150. The number of benzene rings is 2. The highest BCUT2D eigenvalue weighted by atomic mass is 16.5. The molecular weight excluding hydrogens is 358 g/mol. The molecular formula is C26H31NO2. The third-order valence-corrected chi connectivity index (χ3v) is 5.46. The smallest absolute Gasteiger partial charge is 0.355 e. The molecule has 2 heterocycles. The van der Waals surface area contributed by atoms with Crippen LogP contribution in [0.15, 0.2) is 60.7 Å². The van der Waals surface area contributed by atoms with Crippen LogP contribution in [0, 0.1) is 0 Å². The zero-order valence-corrected chi connectivity index (χ0v) is 17.9. The van der Waals surface area contributed by atoms with Crippen molar-refractivity contribution >= 4 is 5.97 Å². The Bertz CT molecular complexity index is 956. The first-order valence-corrected chi connectivity index (χ1v) is 10.8. The second-order valence-corrected chi connectivity index (χ2v) is 7.10. The molecule has 1 aliphatic heterocycles. The van der Waals surface area contributed by atoms with E-state index in [0.717, 1.165) is 25.8 Å². The largest absolute Gasteiger partial charge is 0.456 e. The van der Waals surface area contributed by atoms with Gasteiger partial charge < -0.3 is 9.30 Å². The third-order valence-electron chi connectivity index (χ3n) is 5.46. The molecule has 4 rings (SSSR count). The van der Waals surface area contributed by atoms with Gasteiger partial charge in [0.1, 0.15) is 11.8 Å². The van der Waals surface area contributed by atoms with Gasteiger partial charge in [0.05, 0.1) is 6.54 Å². The molecule has 0 aliphatic carbocycles. The molecule has 152 valence electrons. The first-order chi connectivity index (χ1) is 14.2. The number of cyclic esters (lactones) is 1. The predicted octanol–water partition coefficient (Wildman–Crippen LogP) is 6.28. The summed E-state index contributed by atoms with van der Waals surface area (Å²) >= 11 is 0. The fraction of sp³-hybridized carbons (Fsp3) is 0.346. The molecule has 0 amide bonds. The van der Waals surface area contributed by atoms with Crippen LogP contribution in [0.2, 0.25) is 0 Å². The second kappa shape index (κ2) is 9.60. The van der Waals surface area contributed by atoms with Gasteiger partial charge in [-0.25, -0.2) is 4.79 Å². The number of aryl methyl sites for hydroxylation is 1. The standard InChI is InChI=1S/C24H25NO2.C2H6/c1-3-17-14-23-24(26)27-20(4-2)16-25(23)22(17)15-19-12-8-9-13-21(19)18-10-6-5-7-11-18;1-2/h5-14,20H,3-4,15-16H2,1-2H3;1-2H3.